The second-order valence-electron chi connectivity index (χ2n) is 4.58. The topological polar surface area (TPSA) is 77.0 Å². The van der Waals surface area contributed by atoms with Gasteiger partial charge in [-0.3, -0.25) is 5.01 Å². The zero-order valence-electron chi connectivity index (χ0n) is 12.1. The summed E-state index contributed by atoms with van der Waals surface area (Å²) in [5.74, 6) is 6.69. The highest BCUT2D eigenvalue weighted by molar-refractivity contribution is 6.30. The summed E-state index contributed by atoms with van der Waals surface area (Å²) in [7, 11) is 0. The van der Waals surface area contributed by atoms with Gasteiger partial charge in [-0.05, 0) is 24.6 Å². The Labute approximate surface area is 128 Å². The van der Waals surface area contributed by atoms with E-state index in [2.05, 4.69) is 9.97 Å². The molecule has 0 spiro atoms. The summed E-state index contributed by atoms with van der Waals surface area (Å²) in [6.45, 7) is 4.50. The molecule has 0 aliphatic heterocycles. The van der Waals surface area contributed by atoms with Gasteiger partial charge in [0.05, 0.1) is 5.69 Å². The van der Waals surface area contributed by atoms with Crippen molar-refractivity contribution in [1.82, 2.24) is 14.5 Å². The molecule has 2 aromatic rings. The van der Waals surface area contributed by atoms with Crippen molar-refractivity contribution in [3.8, 4) is 5.69 Å². The van der Waals surface area contributed by atoms with Crippen LogP contribution in [0, 0.1) is 0 Å². The lowest BCUT2D eigenvalue weighted by Crippen LogP contribution is -2.37. The molecular weight excluding hydrogens is 290 g/mol. The highest BCUT2D eigenvalue weighted by atomic mass is 35.5. The van der Waals surface area contributed by atoms with Crippen molar-refractivity contribution in [2.24, 2.45) is 5.84 Å². The number of hydrazine groups is 1. The van der Waals surface area contributed by atoms with Crippen molar-refractivity contribution in [2.45, 2.75) is 26.7 Å². The number of nitrogens with two attached hydrogens (primary N) is 1. The number of benzene rings is 1. The number of rotatable bonds is 5. The van der Waals surface area contributed by atoms with Crippen LogP contribution < -0.4 is 16.5 Å². The molecule has 1 aromatic heterocycles. The third-order valence-electron chi connectivity index (χ3n) is 2.98. The van der Waals surface area contributed by atoms with Crippen molar-refractivity contribution >= 4 is 17.5 Å². The van der Waals surface area contributed by atoms with Crippen LogP contribution in [0.25, 0.3) is 5.69 Å². The van der Waals surface area contributed by atoms with Gasteiger partial charge in [-0.2, -0.15) is 9.97 Å². The van der Waals surface area contributed by atoms with Gasteiger partial charge in [-0.15, -0.1) is 0 Å². The average Bonchev–Trinajstić information content (AvgIpc) is 2.46. The van der Waals surface area contributed by atoms with E-state index >= 15 is 0 Å². The Morgan fingerprint density at radius 2 is 2.10 bits per heavy atom. The Morgan fingerprint density at radius 1 is 1.33 bits per heavy atom. The molecule has 0 radical (unpaired) electrons. The van der Waals surface area contributed by atoms with Gasteiger partial charge in [0.1, 0.15) is 5.82 Å². The fourth-order valence-electron chi connectivity index (χ4n) is 2.02. The van der Waals surface area contributed by atoms with Crippen LogP contribution in [0.2, 0.25) is 5.02 Å². The molecule has 2 rings (SSSR count). The van der Waals surface area contributed by atoms with E-state index in [-0.39, 0.29) is 5.95 Å². The Bertz CT molecular complexity index is 685. The standard InChI is InChI=1S/C14H18ClN5O/c1-3-8-19(16)13-17-12(4-2)20(14(21)18-13)11-7-5-6-10(15)9-11/h5-7,9H,3-4,8,16H2,1-2H3. The van der Waals surface area contributed by atoms with Crippen LogP contribution in [0.4, 0.5) is 5.95 Å². The van der Waals surface area contributed by atoms with Gasteiger partial charge in [0.15, 0.2) is 0 Å². The minimum Gasteiger partial charge on any atom is -0.279 e. The van der Waals surface area contributed by atoms with E-state index in [0.29, 0.717) is 29.5 Å². The van der Waals surface area contributed by atoms with E-state index in [1.165, 1.54) is 9.58 Å². The number of hydrogen-bond donors (Lipinski definition) is 1. The second-order valence-corrected chi connectivity index (χ2v) is 5.02. The SMILES string of the molecule is CCCN(N)c1nc(CC)n(-c2cccc(Cl)c2)c(=O)n1. The van der Waals surface area contributed by atoms with Crippen LogP contribution in [0.1, 0.15) is 26.1 Å². The fourth-order valence-corrected chi connectivity index (χ4v) is 2.20. The Balaban J connectivity index is 2.55. The normalized spacial score (nSPS) is 10.7. The molecule has 0 fully saturated rings. The van der Waals surface area contributed by atoms with Crippen molar-refractivity contribution in [1.29, 1.82) is 0 Å². The molecule has 0 unspecified atom stereocenters. The Kier molecular flexibility index (Phi) is 4.93. The van der Waals surface area contributed by atoms with Gasteiger partial charge in [0.2, 0.25) is 5.95 Å². The van der Waals surface area contributed by atoms with E-state index < -0.39 is 5.69 Å². The van der Waals surface area contributed by atoms with Gasteiger partial charge in [0.25, 0.3) is 0 Å². The maximum Gasteiger partial charge on any atom is 0.356 e. The van der Waals surface area contributed by atoms with E-state index in [1.54, 1.807) is 24.3 Å². The van der Waals surface area contributed by atoms with E-state index in [0.717, 1.165) is 6.42 Å². The van der Waals surface area contributed by atoms with E-state index in [4.69, 9.17) is 17.4 Å². The zero-order valence-corrected chi connectivity index (χ0v) is 12.8. The molecule has 0 atom stereocenters. The predicted molar refractivity (Wildman–Crippen MR) is 83.8 cm³/mol. The van der Waals surface area contributed by atoms with Gasteiger partial charge in [-0.1, -0.05) is 31.5 Å². The van der Waals surface area contributed by atoms with Crippen LogP contribution in [0.5, 0.6) is 0 Å². The lowest BCUT2D eigenvalue weighted by Gasteiger charge is -2.17. The lowest BCUT2D eigenvalue weighted by molar-refractivity contribution is 0.713. The summed E-state index contributed by atoms with van der Waals surface area (Å²) in [5.41, 5.74) is 0.237. The van der Waals surface area contributed by atoms with Crippen LogP contribution in [-0.2, 0) is 6.42 Å². The summed E-state index contributed by atoms with van der Waals surface area (Å²) >= 11 is 5.98. The monoisotopic (exact) mass is 307 g/mol. The fraction of sp³-hybridized carbons (Fsp3) is 0.357. The maximum absolute atomic E-state index is 12.3. The molecule has 21 heavy (non-hydrogen) atoms. The molecule has 6 nitrogen and oxygen atoms in total. The predicted octanol–water partition coefficient (Wildman–Crippen LogP) is 1.93. The summed E-state index contributed by atoms with van der Waals surface area (Å²) in [6.07, 6.45) is 1.43. The smallest absolute Gasteiger partial charge is 0.279 e. The quantitative estimate of drug-likeness (QED) is 0.674. The number of halogens is 1. The first kappa shape index (κ1) is 15.5. The van der Waals surface area contributed by atoms with Crippen molar-refractivity contribution in [2.75, 3.05) is 11.6 Å². The zero-order chi connectivity index (χ0) is 15.4. The molecule has 1 heterocycles. The highest BCUT2D eigenvalue weighted by Crippen LogP contribution is 2.15. The summed E-state index contributed by atoms with van der Waals surface area (Å²) in [4.78, 5) is 20.7. The molecule has 0 saturated heterocycles. The first-order chi connectivity index (χ1) is 10.1. The number of aryl methyl sites for hydroxylation is 1. The second kappa shape index (κ2) is 6.69. The van der Waals surface area contributed by atoms with Gasteiger partial charge >= 0.3 is 5.69 Å². The van der Waals surface area contributed by atoms with Crippen LogP contribution in [-0.4, -0.2) is 21.1 Å². The lowest BCUT2D eigenvalue weighted by atomic mass is 10.3. The molecule has 0 aliphatic carbocycles. The minimum absolute atomic E-state index is 0.247. The van der Waals surface area contributed by atoms with Crippen LogP contribution in [0.15, 0.2) is 29.1 Å². The van der Waals surface area contributed by atoms with Gasteiger partial charge in [0, 0.05) is 18.0 Å². The summed E-state index contributed by atoms with van der Waals surface area (Å²) in [6, 6.07) is 7.03. The van der Waals surface area contributed by atoms with Crippen LogP contribution >= 0.6 is 11.6 Å². The average molecular weight is 308 g/mol. The number of aromatic nitrogens is 3. The molecule has 0 amide bonds. The first-order valence-electron chi connectivity index (χ1n) is 6.85. The van der Waals surface area contributed by atoms with Gasteiger partial charge in [-0.25, -0.2) is 15.2 Å². The molecule has 0 saturated carbocycles. The number of nitrogens with zero attached hydrogens (tertiary/aromatic N) is 4. The molecule has 112 valence electrons. The Morgan fingerprint density at radius 3 is 2.71 bits per heavy atom. The van der Waals surface area contributed by atoms with E-state index in [1.807, 2.05) is 13.8 Å². The third kappa shape index (κ3) is 3.40. The summed E-state index contributed by atoms with van der Waals surface area (Å²) in [5, 5.41) is 1.94. The molecule has 1 aromatic carbocycles. The van der Waals surface area contributed by atoms with Gasteiger partial charge < -0.3 is 0 Å². The third-order valence-corrected chi connectivity index (χ3v) is 3.21. The molecular formula is C14H18ClN5O. The molecule has 0 aliphatic rings. The minimum atomic E-state index is -0.411. The summed E-state index contributed by atoms with van der Waals surface area (Å²) < 4.78 is 1.45. The maximum atomic E-state index is 12.3. The van der Waals surface area contributed by atoms with Crippen molar-refractivity contribution in [3.63, 3.8) is 0 Å². The Hall–Kier alpha value is -1.92. The van der Waals surface area contributed by atoms with Crippen LogP contribution in [0.3, 0.4) is 0 Å². The van der Waals surface area contributed by atoms with Crippen molar-refractivity contribution < 1.29 is 0 Å². The molecule has 7 heteroatoms. The first-order valence-corrected chi connectivity index (χ1v) is 7.22. The molecule has 2 N–H and O–H groups in total. The molecule has 0 bridgehead atoms. The highest BCUT2D eigenvalue weighted by Gasteiger charge is 2.13. The number of anilines is 1. The number of hydrogen-bond acceptors (Lipinski definition) is 5. The van der Waals surface area contributed by atoms with E-state index in [9.17, 15) is 4.79 Å². The largest absolute Gasteiger partial charge is 0.356 e. The van der Waals surface area contributed by atoms with Crippen molar-refractivity contribution in [3.05, 3.63) is 45.6 Å².